The molecule has 2 heterocycles. The van der Waals surface area contributed by atoms with Crippen LogP contribution in [0.25, 0.3) is 11.4 Å². The van der Waals surface area contributed by atoms with E-state index in [1.807, 2.05) is 12.1 Å². The minimum Gasteiger partial charge on any atom is -0.338 e. The highest BCUT2D eigenvalue weighted by Crippen LogP contribution is 2.24. The number of piperidine rings is 1. The number of halogens is 1. The number of amides is 1. The molecule has 1 amide bonds. The topological polar surface area (TPSA) is 109 Å². The van der Waals surface area contributed by atoms with Crippen molar-refractivity contribution in [3.05, 3.63) is 59.4 Å². The third-order valence-electron chi connectivity index (χ3n) is 5.86. The van der Waals surface area contributed by atoms with Crippen LogP contribution in [0.1, 0.15) is 18.7 Å². The van der Waals surface area contributed by atoms with Crippen molar-refractivity contribution in [1.29, 1.82) is 0 Å². The largest absolute Gasteiger partial charge is 0.338 e. The molecule has 3 aromatic rings. The van der Waals surface area contributed by atoms with Crippen LogP contribution < -0.4 is 9.62 Å². The van der Waals surface area contributed by atoms with Crippen LogP contribution in [-0.4, -0.2) is 55.8 Å². The molecule has 1 N–H and O–H groups in total. The van der Waals surface area contributed by atoms with Crippen molar-refractivity contribution in [2.75, 3.05) is 36.0 Å². The van der Waals surface area contributed by atoms with Crippen molar-refractivity contribution in [3.63, 3.8) is 0 Å². The van der Waals surface area contributed by atoms with Crippen LogP contribution in [0, 0.1) is 5.92 Å². The Morgan fingerprint density at radius 1 is 1.21 bits per heavy atom. The summed E-state index contributed by atoms with van der Waals surface area (Å²) < 4.78 is 30.1. The lowest BCUT2D eigenvalue weighted by molar-refractivity contribution is -0.121. The zero-order valence-electron chi connectivity index (χ0n) is 18.9. The number of benzene rings is 2. The molecule has 34 heavy (non-hydrogen) atoms. The zero-order valence-corrected chi connectivity index (χ0v) is 20.5. The Morgan fingerprint density at radius 3 is 2.59 bits per heavy atom. The fourth-order valence-corrected chi connectivity index (χ4v) is 4.42. The molecule has 0 bridgehead atoms. The Labute approximate surface area is 203 Å². The number of hydrogen-bond donors (Lipinski definition) is 1. The summed E-state index contributed by atoms with van der Waals surface area (Å²) in [5, 5.41) is 7.61. The van der Waals surface area contributed by atoms with Crippen LogP contribution in [0.3, 0.4) is 0 Å². The number of carbonyl (C=O) groups is 1. The van der Waals surface area contributed by atoms with Gasteiger partial charge in [-0.25, -0.2) is 8.42 Å². The van der Waals surface area contributed by atoms with Crippen molar-refractivity contribution < 1.29 is 17.7 Å². The first kappa shape index (κ1) is 24.2. The summed E-state index contributed by atoms with van der Waals surface area (Å²) in [6.45, 7) is 1.98. The zero-order chi connectivity index (χ0) is 24.3. The third-order valence-corrected chi connectivity index (χ3v) is 7.32. The van der Waals surface area contributed by atoms with Gasteiger partial charge >= 0.3 is 0 Å². The van der Waals surface area contributed by atoms with Gasteiger partial charge in [0.25, 0.3) is 0 Å². The molecule has 9 nitrogen and oxygen atoms in total. The molecule has 0 saturated carbocycles. The van der Waals surface area contributed by atoms with E-state index in [-0.39, 0.29) is 11.8 Å². The third kappa shape index (κ3) is 5.94. The number of aromatic nitrogens is 2. The highest BCUT2D eigenvalue weighted by atomic mass is 35.5. The second-order valence-electron chi connectivity index (χ2n) is 8.34. The Bertz CT molecular complexity index is 1250. The average molecular weight is 504 g/mol. The summed E-state index contributed by atoms with van der Waals surface area (Å²) in [4.78, 5) is 19.4. The van der Waals surface area contributed by atoms with Gasteiger partial charge in [-0.15, -0.1) is 0 Å². The Hall–Kier alpha value is -2.95. The van der Waals surface area contributed by atoms with Crippen molar-refractivity contribution in [3.8, 4) is 11.4 Å². The SMILES string of the molecule is CN(c1cccc(NC(=O)C2CCN(Cc3nc(-c4ccc(Cl)cc4)no3)CC2)c1)S(C)(=O)=O. The number of sulfonamides is 1. The number of anilines is 2. The molecule has 0 atom stereocenters. The normalized spacial score (nSPS) is 15.3. The second-order valence-corrected chi connectivity index (χ2v) is 10.8. The van der Waals surface area contributed by atoms with Gasteiger partial charge in [-0.2, -0.15) is 4.98 Å². The summed E-state index contributed by atoms with van der Waals surface area (Å²) in [5.41, 5.74) is 1.90. The van der Waals surface area contributed by atoms with Gasteiger partial charge < -0.3 is 9.84 Å². The molecule has 2 aromatic carbocycles. The van der Waals surface area contributed by atoms with E-state index in [4.69, 9.17) is 16.1 Å². The highest BCUT2D eigenvalue weighted by molar-refractivity contribution is 7.92. The first-order valence-corrected chi connectivity index (χ1v) is 13.1. The number of likely N-dealkylation sites (tertiary alicyclic amines) is 1. The Kier molecular flexibility index (Phi) is 7.20. The van der Waals surface area contributed by atoms with E-state index >= 15 is 0 Å². The molecule has 1 aromatic heterocycles. The maximum Gasteiger partial charge on any atom is 0.241 e. The van der Waals surface area contributed by atoms with Crippen LogP contribution >= 0.6 is 11.6 Å². The lowest BCUT2D eigenvalue weighted by Gasteiger charge is -2.30. The number of nitrogens with one attached hydrogen (secondary N) is 1. The predicted molar refractivity (Wildman–Crippen MR) is 131 cm³/mol. The lowest BCUT2D eigenvalue weighted by Crippen LogP contribution is -2.37. The van der Waals surface area contributed by atoms with Crippen LogP contribution in [0.4, 0.5) is 11.4 Å². The van der Waals surface area contributed by atoms with Gasteiger partial charge in [0.05, 0.1) is 18.5 Å². The molecule has 11 heteroatoms. The fraction of sp³-hybridized carbons (Fsp3) is 0.348. The summed E-state index contributed by atoms with van der Waals surface area (Å²) in [6.07, 6.45) is 2.54. The lowest BCUT2D eigenvalue weighted by atomic mass is 9.96. The summed E-state index contributed by atoms with van der Waals surface area (Å²) >= 11 is 5.92. The molecule has 0 aliphatic carbocycles. The standard InChI is InChI=1S/C23H26ClN5O4S/c1-28(34(2,31)32)20-5-3-4-19(14-20)25-23(30)17-10-12-29(13-11-17)15-21-26-22(27-33-21)16-6-8-18(24)9-7-16/h3-9,14,17H,10-13,15H2,1-2H3,(H,25,30). The van der Waals surface area contributed by atoms with Gasteiger partial charge in [-0.05, 0) is 68.4 Å². The van der Waals surface area contributed by atoms with Gasteiger partial charge in [-0.1, -0.05) is 22.8 Å². The van der Waals surface area contributed by atoms with Crippen molar-refractivity contribution in [2.24, 2.45) is 5.92 Å². The van der Waals surface area contributed by atoms with Gasteiger partial charge in [0.1, 0.15) is 0 Å². The second kappa shape index (κ2) is 10.1. The summed E-state index contributed by atoms with van der Waals surface area (Å²) in [7, 11) is -1.90. The summed E-state index contributed by atoms with van der Waals surface area (Å²) in [6, 6.07) is 14.1. The van der Waals surface area contributed by atoms with E-state index in [9.17, 15) is 13.2 Å². The van der Waals surface area contributed by atoms with E-state index in [2.05, 4.69) is 20.4 Å². The van der Waals surface area contributed by atoms with Crippen LogP contribution in [0.15, 0.2) is 53.1 Å². The number of carbonyl (C=O) groups excluding carboxylic acids is 1. The molecule has 1 aliphatic rings. The molecule has 1 saturated heterocycles. The average Bonchev–Trinajstić information content (AvgIpc) is 3.27. The predicted octanol–water partition coefficient (Wildman–Crippen LogP) is 3.64. The number of nitrogens with zero attached hydrogens (tertiary/aromatic N) is 4. The van der Waals surface area contributed by atoms with Crippen molar-refractivity contribution in [1.82, 2.24) is 15.0 Å². The van der Waals surface area contributed by atoms with E-state index in [1.165, 1.54) is 11.4 Å². The Morgan fingerprint density at radius 2 is 1.91 bits per heavy atom. The van der Waals surface area contributed by atoms with Crippen LogP contribution in [0.5, 0.6) is 0 Å². The van der Waals surface area contributed by atoms with Gasteiger partial charge in [0.15, 0.2) is 0 Å². The molecule has 1 aliphatic heterocycles. The maximum atomic E-state index is 12.8. The summed E-state index contributed by atoms with van der Waals surface area (Å²) in [5.74, 6) is 0.853. The molecular formula is C23H26ClN5O4S. The fourth-order valence-electron chi connectivity index (χ4n) is 3.80. The molecule has 180 valence electrons. The molecule has 1 fully saturated rings. The number of rotatable bonds is 7. The molecule has 0 radical (unpaired) electrons. The van der Waals surface area contributed by atoms with E-state index in [1.54, 1.807) is 36.4 Å². The van der Waals surface area contributed by atoms with Crippen LogP contribution in [-0.2, 0) is 21.4 Å². The molecular weight excluding hydrogens is 478 g/mol. The van der Waals surface area contributed by atoms with Crippen LogP contribution in [0.2, 0.25) is 5.02 Å². The highest BCUT2D eigenvalue weighted by Gasteiger charge is 2.26. The van der Waals surface area contributed by atoms with E-state index in [0.29, 0.717) is 47.5 Å². The van der Waals surface area contributed by atoms with Crippen molar-refractivity contribution in [2.45, 2.75) is 19.4 Å². The van der Waals surface area contributed by atoms with E-state index in [0.717, 1.165) is 24.9 Å². The maximum absolute atomic E-state index is 12.8. The quantitative estimate of drug-likeness (QED) is 0.524. The van der Waals surface area contributed by atoms with Gasteiger partial charge in [-0.3, -0.25) is 14.0 Å². The number of hydrogen-bond acceptors (Lipinski definition) is 7. The minimum atomic E-state index is -3.38. The van der Waals surface area contributed by atoms with E-state index < -0.39 is 10.0 Å². The van der Waals surface area contributed by atoms with Gasteiger partial charge in [0.2, 0.25) is 27.6 Å². The van der Waals surface area contributed by atoms with Crippen molar-refractivity contribution >= 4 is 38.9 Å². The monoisotopic (exact) mass is 503 g/mol. The minimum absolute atomic E-state index is 0.0679. The molecule has 0 spiro atoms. The first-order valence-electron chi connectivity index (χ1n) is 10.8. The molecule has 4 rings (SSSR count). The van der Waals surface area contributed by atoms with Gasteiger partial charge in [0, 0.05) is 29.2 Å². The smallest absolute Gasteiger partial charge is 0.241 e. The Balaban J connectivity index is 1.29. The first-order chi connectivity index (χ1) is 16.2. The molecule has 0 unspecified atom stereocenters.